The number of hydrogen-bond donors (Lipinski definition) is 0. The Bertz CT molecular complexity index is 1170. The van der Waals surface area contributed by atoms with E-state index in [0.717, 1.165) is 11.1 Å². The first-order chi connectivity index (χ1) is 17.7. The molecule has 210 valence electrons. The minimum atomic E-state index is -3.60. The normalized spacial score (nSPS) is 18.6. The predicted molar refractivity (Wildman–Crippen MR) is 152 cm³/mol. The Kier molecular flexibility index (Phi) is 9.67. The molecular weight excluding hydrogens is 520 g/mol. The third kappa shape index (κ3) is 7.59. The second-order valence-electron chi connectivity index (χ2n) is 11.4. The van der Waals surface area contributed by atoms with Gasteiger partial charge in [-0.2, -0.15) is 4.31 Å². The molecule has 0 unspecified atom stereocenters. The van der Waals surface area contributed by atoms with Gasteiger partial charge < -0.3 is 18.8 Å². The molecule has 0 bridgehead atoms. The predicted octanol–water partition coefficient (Wildman–Crippen LogP) is 5.26. The van der Waals surface area contributed by atoms with Crippen LogP contribution in [-0.2, 0) is 32.3 Å². The molecule has 0 N–H and O–H groups in total. The average Bonchev–Trinajstić information content (AvgIpc) is 3.27. The smallest absolute Gasteiger partial charge is 0.410 e. The van der Waals surface area contributed by atoms with Crippen LogP contribution in [0.3, 0.4) is 0 Å². The van der Waals surface area contributed by atoms with Crippen LogP contribution in [0.5, 0.6) is 5.75 Å². The van der Waals surface area contributed by atoms with Crippen molar-refractivity contribution in [2.75, 3.05) is 26.5 Å². The third-order valence-electron chi connectivity index (χ3n) is 7.66. The zero-order valence-electron chi connectivity index (χ0n) is 23.6. The lowest BCUT2D eigenvalue weighted by Gasteiger charge is -2.40. The molecule has 1 saturated heterocycles. The number of nitrogens with zero attached hydrogens (tertiary/aromatic N) is 2. The fraction of sp³-hybridized carbons (Fsp3) is 0.536. The maximum Gasteiger partial charge on any atom is 0.410 e. The largest absolute Gasteiger partial charge is 0.497 e. The van der Waals surface area contributed by atoms with E-state index in [9.17, 15) is 13.2 Å². The van der Waals surface area contributed by atoms with Crippen molar-refractivity contribution in [2.45, 2.75) is 70.6 Å². The molecule has 2 aromatic carbocycles. The number of methoxy groups -OCH3 is 1. The highest BCUT2D eigenvalue weighted by Gasteiger charge is 2.46. The Morgan fingerprint density at radius 2 is 1.68 bits per heavy atom. The van der Waals surface area contributed by atoms with Crippen LogP contribution in [-0.4, -0.2) is 70.6 Å². The van der Waals surface area contributed by atoms with E-state index < -0.39 is 36.5 Å². The van der Waals surface area contributed by atoms with Crippen LogP contribution < -0.4 is 4.74 Å². The second-order valence-corrected chi connectivity index (χ2v) is 18.1. The van der Waals surface area contributed by atoms with E-state index in [2.05, 4.69) is 33.9 Å². The third-order valence-corrected chi connectivity index (χ3v) is 13.4. The molecule has 38 heavy (non-hydrogen) atoms. The van der Waals surface area contributed by atoms with Crippen molar-refractivity contribution >= 4 is 24.4 Å². The van der Waals surface area contributed by atoms with Crippen LogP contribution in [0, 0.1) is 0 Å². The van der Waals surface area contributed by atoms with E-state index in [1.807, 2.05) is 54.6 Å². The van der Waals surface area contributed by atoms with E-state index in [1.165, 1.54) is 10.6 Å². The lowest BCUT2D eigenvalue weighted by molar-refractivity contribution is 0.0712. The van der Waals surface area contributed by atoms with E-state index in [-0.39, 0.29) is 24.8 Å². The number of carbonyl (C=O) groups is 1. The van der Waals surface area contributed by atoms with Gasteiger partial charge in [-0.1, -0.05) is 63.2 Å². The first-order valence-corrected chi connectivity index (χ1v) is 17.7. The van der Waals surface area contributed by atoms with Gasteiger partial charge in [0.05, 0.1) is 26.0 Å². The number of likely N-dealkylation sites (tertiary alicyclic amines) is 1. The molecule has 2 aromatic rings. The van der Waals surface area contributed by atoms with Crippen molar-refractivity contribution in [3.05, 3.63) is 65.7 Å². The molecule has 10 heteroatoms. The van der Waals surface area contributed by atoms with Crippen LogP contribution in [0.25, 0.3) is 0 Å². The molecule has 2 atom stereocenters. The molecule has 1 amide bonds. The SMILES string of the molecule is COc1ccc(CN([C@H]2CCN(C(=O)OCc3ccccc3)[C@H]2CO[Si](C)(C)C(C)(C)C)S(C)(=O)=O)cc1. The van der Waals surface area contributed by atoms with Crippen LogP contribution in [0.2, 0.25) is 18.1 Å². The Labute approximate surface area is 229 Å². The van der Waals surface area contributed by atoms with Gasteiger partial charge in [0, 0.05) is 19.1 Å². The number of hydrogen-bond acceptors (Lipinski definition) is 6. The monoisotopic (exact) mass is 562 g/mol. The minimum Gasteiger partial charge on any atom is -0.497 e. The van der Waals surface area contributed by atoms with E-state index in [4.69, 9.17) is 13.9 Å². The minimum absolute atomic E-state index is 0.0284. The lowest BCUT2D eigenvalue weighted by atomic mass is 10.1. The Morgan fingerprint density at radius 3 is 2.24 bits per heavy atom. The van der Waals surface area contributed by atoms with E-state index >= 15 is 0 Å². The highest BCUT2D eigenvalue weighted by atomic mass is 32.2. The summed E-state index contributed by atoms with van der Waals surface area (Å²) in [5, 5.41) is -0.0284. The van der Waals surface area contributed by atoms with Crippen molar-refractivity contribution in [3.8, 4) is 5.75 Å². The quantitative estimate of drug-likeness (QED) is 0.367. The van der Waals surface area contributed by atoms with Crippen molar-refractivity contribution in [2.24, 2.45) is 0 Å². The molecule has 0 radical (unpaired) electrons. The molecule has 1 heterocycles. The Morgan fingerprint density at radius 1 is 1.05 bits per heavy atom. The van der Waals surface area contributed by atoms with E-state index in [0.29, 0.717) is 18.7 Å². The van der Waals surface area contributed by atoms with Gasteiger partial charge in [0.2, 0.25) is 10.0 Å². The van der Waals surface area contributed by atoms with Crippen molar-refractivity contribution in [1.82, 2.24) is 9.21 Å². The van der Waals surface area contributed by atoms with Gasteiger partial charge in [0.15, 0.2) is 8.32 Å². The maximum atomic E-state index is 13.3. The van der Waals surface area contributed by atoms with Gasteiger partial charge in [-0.3, -0.25) is 0 Å². The number of sulfonamides is 1. The van der Waals surface area contributed by atoms with Crippen molar-refractivity contribution in [1.29, 1.82) is 0 Å². The van der Waals surface area contributed by atoms with E-state index in [1.54, 1.807) is 12.0 Å². The van der Waals surface area contributed by atoms with Gasteiger partial charge in [-0.05, 0) is 47.8 Å². The Hall–Kier alpha value is -2.40. The maximum absolute atomic E-state index is 13.3. The standard InChI is InChI=1S/C28H42N2O6SSi/c1-28(2,3)38(6,7)36-21-26-25(17-18-29(26)27(31)35-20-23-11-9-8-10-12-23)30(37(5,32)33)19-22-13-15-24(34-4)16-14-22/h8-16,25-26H,17-21H2,1-7H3/t25-,26-/m0/s1. The zero-order valence-corrected chi connectivity index (χ0v) is 25.5. The van der Waals surface area contributed by atoms with Gasteiger partial charge >= 0.3 is 6.09 Å². The van der Waals surface area contributed by atoms with Crippen LogP contribution in [0.15, 0.2) is 54.6 Å². The summed E-state index contributed by atoms with van der Waals surface area (Å²) in [5.74, 6) is 0.702. The summed E-state index contributed by atoms with van der Waals surface area (Å²) in [5.41, 5.74) is 1.73. The number of rotatable bonds is 10. The topological polar surface area (TPSA) is 85.4 Å². The van der Waals surface area contributed by atoms with Gasteiger partial charge in [0.1, 0.15) is 12.4 Å². The summed E-state index contributed by atoms with van der Waals surface area (Å²) < 4.78 is 45.1. The lowest BCUT2D eigenvalue weighted by Crippen LogP contribution is -2.53. The number of ether oxygens (including phenoxy) is 2. The van der Waals surface area contributed by atoms with Crippen LogP contribution >= 0.6 is 0 Å². The zero-order chi connectivity index (χ0) is 28.1. The van der Waals surface area contributed by atoms with Crippen molar-refractivity contribution in [3.63, 3.8) is 0 Å². The number of carbonyl (C=O) groups excluding carboxylic acids is 1. The van der Waals surface area contributed by atoms with Gasteiger partial charge in [-0.15, -0.1) is 0 Å². The molecule has 0 saturated carbocycles. The summed E-state index contributed by atoms with van der Waals surface area (Å²) in [4.78, 5) is 14.9. The molecule has 3 rings (SSSR count). The molecule has 8 nitrogen and oxygen atoms in total. The average molecular weight is 563 g/mol. The highest BCUT2D eigenvalue weighted by Crippen LogP contribution is 2.38. The highest BCUT2D eigenvalue weighted by molar-refractivity contribution is 7.88. The first kappa shape index (κ1) is 30.1. The second kappa shape index (κ2) is 12.2. The molecule has 0 aromatic heterocycles. The van der Waals surface area contributed by atoms with Gasteiger partial charge in [-0.25, -0.2) is 13.2 Å². The fourth-order valence-corrected chi connectivity index (χ4v) is 6.45. The molecule has 1 aliphatic rings. The number of benzene rings is 2. The molecule has 1 fully saturated rings. The van der Waals surface area contributed by atoms with Crippen molar-refractivity contribution < 1.29 is 27.1 Å². The summed E-state index contributed by atoms with van der Waals surface area (Å²) >= 11 is 0. The molecule has 0 aliphatic carbocycles. The van der Waals surface area contributed by atoms with Crippen LogP contribution in [0.4, 0.5) is 4.79 Å². The van der Waals surface area contributed by atoms with Crippen LogP contribution in [0.1, 0.15) is 38.3 Å². The summed E-state index contributed by atoms with van der Waals surface area (Å²) in [6.07, 6.45) is 1.26. The molecule has 0 spiro atoms. The summed E-state index contributed by atoms with van der Waals surface area (Å²) in [6.45, 7) is 11.8. The summed E-state index contributed by atoms with van der Waals surface area (Å²) in [7, 11) is -4.17. The first-order valence-electron chi connectivity index (χ1n) is 12.9. The van der Waals surface area contributed by atoms with Gasteiger partial charge in [0.25, 0.3) is 0 Å². The number of amides is 1. The molecular formula is C28H42N2O6SSi. The summed E-state index contributed by atoms with van der Waals surface area (Å²) in [6, 6.07) is 15.9. The molecule has 1 aliphatic heterocycles. The Balaban J connectivity index is 1.87. The fourth-order valence-electron chi connectivity index (χ4n) is 4.30.